The van der Waals surface area contributed by atoms with Gasteiger partial charge in [0.1, 0.15) is 0 Å². The van der Waals surface area contributed by atoms with Crippen LogP contribution >= 0.6 is 0 Å². The number of carbonyl (C=O) groups excluding carboxylic acids is 2. The third kappa shape index (κ3) is 4.26. The first-order valence-corrected chi connectivity index (χ1v) is 8.47. The number of amides is 3. The Balaban J connectivity index is 1.62. The van der Waals surface area contributed by atoms with Gasteiger partial charge in [-0.2, -0.15) is 0 Å². The zero-order valence-corrected chi connectivity index (χ0v) is 14.5. The van der Waals surface area contributed by atoms with Crippen LogP contribution in [0.3, 0.4) is 0 Å². The van der Waals surface area contributed by atoms with Crippen molar-refractivity contribution in [3.05, 3.63) is 24.3 Å². The van der Waals surface area contributed by atoms with Crippen molar-refractivity contribution in [1.82, 2.24) is 4.90 Å². The molecule has 2 aliphatic rings. The van der Waals surface area contributed by atoms with Gasteiger partial charge in [-0.1, -0.05) is 6.07 Å². The number of hydrogen-bond acceptors (Lipinski definition) is 3. The number of hydrogen-bond donors (Lipinski definition) is 2. The van der Waals surface area contributed by atoms with E-state index in [1.54, 1.807) is 11.0 Å². The molecule has 0 unspecified atom stereocenters. The summed E-state index contributed by atoms with van der Waals surface area (Å²) >= 11 is 0. The second-order valence-corrected chi connectivity index (χ2v) is 7.34. The lowest BCUT2D eigenvalue weighted by molar-refractivity contribution is -0.117. The molecule has 1 saturated carbocycles. The molecule has 24 heavy (non-hydrogen) atoms. The summed E-state index contributed by atoms with van der Waals surface area (Å²) in [4.78, 5) is 26.1. The normalized spacial score (nSPS) is 22.8. The van der Waals surface area contributed by atoms with Gasteiger partial charge in [-0.25, -0.2) is 4.79 Å². The smallest absolute Gasteiger partial charge is 0.322 e. The molecule has 0 bridgehead atoms. The van der Waals surface area contributed by atoms with E-state index >= 15 is 0 Å². The highest BCUT2D eigenvalue weighted by atomic mass is 16.5. The molecule has 0 aromatic heterocycles. The van der Waals surface area contributed by atoms with Crippen molar-refractivity contribution in [2.45, 2.75) is 45.3 Å². The molecule has 2 N–H and O–H groups in total. The third-order valence-corrected chi connectivity index (χ3v) is 4.19. The van der Waals surface area contributed by atoms with Gasteiger partial charge in [-0.05, 0) is 51.8 Å². The van der Waals surface area contributed by atoms with Crippen LogP contribution < -0.4 is 10.6 Å². The maximum Gasteiger partial charge on any atom is 0.322 e. The minimum Gasteiger partial charge on any atom is -0.369 e. The van der Waals surface area contributed by atoms with Crippen LogP contribution in [0, 0.1) is 5.92 Å². The van der Waals surface area contributed by atoms with Crippen molar-refractivity contribution in [1.29, 1.82) is 0 Å². The molecule has 1 aromatic rings. The van der Waals surface area contributed by atoms with Crippen molar-refractivity contribution in [3.63, 3.8) is 0 Å². The van der Waals surface area contributed by atoms with E-state index in [0.717, 1.165) is 12.8 Å². The van der Waals surface area contributed by atoms with E-state index in [1.807, 2.05) is 39.0 Å². The third-order valence-electron chi connectivity index (χ3n) is 4.19. The summed E-state index contributed by atoms with van der Waals surface area (Å²) in [5.41, 5.74) is 1.03. The van der Waals surface area contributed by atoms with Crippen molar-refractivity contribution in [2.75, 3.05) is 23.7 Å². The number of benzene rings is 1. The summed E-state index contributed by atoms with van der Waals surface area (Å²) in [7, 11) is 0. The molecule has 3 rings (SSSR count). The van der Waals surface area contributed by atoms with Gasteiger partial charge in [0.25, 0.3) is 0 Å². The van der Waals surface area contributed by atoms with E-state index in [9.17, 15) is 9.59 Å². The van der Waals surface area contributed by atoms with Crippen LogP contribution in [0.5, 0.6) is 0 Å². The molecule has 0 spiro atoms. The first-order valence-electron chi connectivity index (χ1n) is 8.47. The molecule has 1 aliphatic carbocycles. The number of ether oxygens (including phenoxy) is 1. The maximum absolute atomic E-state index is 12.5. The second kappa shape index (κ2) is 6.43. The van der Waals surface area contributed by atoms with Crippen LogP contribution in [-0.2, 0) is 9.53 Å². The number of carbonyl (C=O) groups is 2. The highest BCUT2D eigenvalue weighted by molar-refractivity contribution is 5.95. The molecule has 3 amide bonds. The van der Waals surface area contributed by atoms with E-state index in [2.05, 4.69) is 10.6 Å². The Morgan fingerprint density at radius 2 is 1.88 bits per heavy atom. The summed E-state index contributed by atoms with van der Waals surface area (Å²) in [6.07, 6.45) is 1.93. The summed E-state index contributed by atoms with van der Waals surface area (Å²) in [6.45, 7) is 7.04. The van der Waals surface area contributed by atoms with E-state index in [0.29, 0.717) is 24.5 Å². The highest BCUT2D eigenvalue weighted by Crippen LogP contribution is 2.30. The molecule has 2 fully saturated rings. The van der Waals surface area contributed by atoms with Gasteiger partial charge in [0.2, 0.25) is 5.91 Å². The second-order valence-electron chi connectivity index (χ2n) is 7.34. The average molecular weight is 331 g/mol. The van der Waals surface area contributed by atoms with E-state index in [4.69, 9.17) is 4.74 Å². The van der Waals surface area contributed by atoms with Gasteiger partial charge < -0.3 is 20.3 Å². The maximum atomic E-state index is 12.5. The van der Waals surface area contributed by atoms with Gasteiger partial charge in [-0.3, -0.25) is 4.79 Å². The molecule has 1 saturated heterocycles. The number of nitrogens with zero attached hydrogens (tertiary/aromatic N) is 1. The molecule has 0 radical (unpaired) electrons. The van der Waals surface area contributed by atoms with Crippen LogP contribution in [0.2, 0.25) is 0 Å². The topological polar surface area (TPSA) is 70.7 Å². The highest BCUT2D eigenvalue weighted by Gasteiger charge is 2.33. The van der Waals surface area contributed by atoms with Crippen LogP contribution in [-0.4, -0.2) is 41.6 Å². The van der Waals surface area contributed by atoms with E-state index in [1.165, 1.54) is 0 Å². The zero-order chi connectivity index (χ0) is 17.3. The molecular weight excluding hydrogens is 306 g/mol. The number of nitrogens with one attached hydrogen (secondary N) is 2. The Morgan fingerprint density at radius 3 is 2.50 bits per heavy atom. The lowest BCUT2D eigenvalue weighted by Crippen LogP contribution is -2.54. The fraction of sp³-hybridized carbons (Fsp3) is 0.556. The molecular formula is C18H25N3O3. The Hall–Kier alpha value is -2.08. The standard InChI is InChI=1S/C18H25N3O3/c1-12-10-21(11-18(2,3)24-12)17(23)20-15-6-4-5-14(9-15)19-16(22)13-7-8-13/h4-6,9,12-13H,7-8,10-11H2,1-3H3,(H,19,22)(H,20,23)/t12-/m0/s1. The Morgan fingerprint density at radius 1 is 1.21 bits per heavy atom. The monoisotopic (exact) mass is 331 g/mol. The number of urea groups is 1. The lowest BCUT2D eigenvalue weighted by atomic mass is 10.1. The fourth-order valence-electron chi connectivity index (χ4n) is 3.08. The van der Waals surface area contributed by atoms with E-state index in [-0.39, 0.29) is 29.6 Å². The molecule has 6 heteroatoms. The van der Waals surface area contributed by atoms with Crippen LogP contribution in [0.25, 0.3) is 0 Å². The van der Waals surface area contributed by atoms with Gasteiger partial charge >= 0.3 is 6.03 Å². The first-order chi connectivity index (χ1) is 11.3. The minimum atomic E-state index is -0.352. The predicted molar refractivity (Wildman–Crippen MR) is 93.0 cm³/mol. The summed E-state index contributed by atoms with van der Waals surface area (Å²) in [5, 5.41) is 5.80. The molecule has 1 heterocycles. The number of anilines is 2. The average Bonchev–Trinajstić information content (AvgIpc) is 3.30. The molecule has 130 valence electrons. The van der Waals surface area contributed by atoms with E-state index < -0.39 is 0 Å². The van der Waals surface area contributed by atoms with Crippen LogP contribution in [0.15, 0.2) is 24.3 Å². The molecule has 1 atom stereocenters. The van der Waals surface area contributed by atoms with Crippen LogP contribution in [0.1, 0.15) is 33.6 Å². The lowest BCUT2D eigenvalue weighted by Gasteiger charge is -2.41. The summed E-state index contributed by atoms with van der Waals surface area (Å²) in [5.74, 6) is 0.211. The van der Waals surface area contributed by atoms with Gasteiger partial charge in [0.05, 0.1) is 18.2 Å². The molecule has 1 aliphatic heterocycles. The number of morpholine rings is 1. The summed E-state index contributed by atoms with van der Waals surface area (Å²) in [6, 6.07) is 7.11. The van der Waals surface area contributed by atoms with Crippen molar-refractivity contribution >= 4 is 23.3 Å². The SMILES string of the molecule is C[C@H]1CN(C(=O)Nc2cccc(NC(=O)C3CC3)c2)CC(C)(C)O1. The van der Waals surface area contributed by atoms with Crippen molar-refractivity contribution in [2.24, 2.45) is 5.92 Å². The van der Waals surface area contributed by atoms with Gasteiger partial charge in [-0.15, -0.1) is 0 Å². The van der Waals surface area contributed by atoms with Crippen molar-refractivity contribution in [3.8, 4) is 0 Å². The predicted octanol–water partition coefficient (Wildman–Crippen LogP) is 3.07. The van der Waals surface area contributed by atoms with Gasteiger partial charge in [0.15, 0.2) is 0 Å². The van der Waals surface area contributed by atoms with Gasteiger partial charge in [0, 0.05) is 23.8 Å². The van der Waals surface area contributed by atoms with Crippen molar-refractivity contribution < 1.29 is 14.3 Å². The first kappa shape index (κ1) is 16.8. The Bertz CT molecular complexity index is 640. The zero-order valence-electron chi connectivity index (χ0n) is 14.5. The van der Waals surface area contributed by atoms with Crippen LogP contribution in [0.4, 0.5) is 16.2 Å². The summed E-state index contributed by atoms with van der Waals surface area (Å²) < 4.78 is 5.83. The molecule has 1 aromatic carbocycles. The largest absolute Gasteiger partial charge is 0.369 e. The molecule has 6 nitrogen and oxygen atoms in total. The fourth-order valence-corrected chi connectivity index (χ4v) is 3.08. The number of rotatable bonds is 3. The Kier molecular flexibility index (Phi) is 4.49. The quantitative estimate of drug-likeness (QED) is 0.894. The Labute approximate surface area is 142 Å². The minimum absolute atomic E-state index is 0.00339.